The smallest absolute Gasteiger partial charge is 0.308 e. The second-order valence-electron chi connectivity index (χ2n) is 5.98. The number of thiazole rings is 1. The number of aromatic nitrogens is 2. The second kappa shape index (κ2) is 6.68. The molecule has 130 valence electrons. The van der Waals surface area contributed by atoms with Crippen molar-refractivity contribution in [2.24, 2.45) is 0 Å². The van der Waals surface area contributed by atoms with Crippen molar-refractivity contribution in [2.45, 2.75) is 13.0 Å². The Labute approximate surface area is 154 Å². The van der Waals surface area contributed by atoms with Crippen LogP contribution in [0.25, 0.3) is 11.3 Å². The highest BCUT2D eigenvalue weighted by molar-refractivity contribution is 7.14. The molecule has 1 aliphatic rings. The van der Waals surface area contributed by atoms with Gasteiger partial charge in [-0.2, -0.15) is 0 Å². The molecule has 1 aliphatic heterocycles. The number of rotatable bonds is 4. The molecule has 3 aromatic rings. The molecule has 7 heteroatoms. The van der Waals surface area contributed by atoms with Crippen LogP contribution in [0.5, 0.6) is 0 Å². The van der Waals surface area contributed by atoms with E-state index in [1.165, 1.54) is 16.2 Å². The van der Waals surface area contributed by atoms with Gasteiger partial charge in [0.25, 0.3) is 5.91 Å². The number of imide groups is 1. The molecule has 2 aromatic heterocycles. The Morgan fingerprint density at radius 1 is 1.12 bits per heavy atom. The van der Waals surface area contributed by atoms with E-state index >= 15 is 0 Å². The molecule has 0 radical (unpaired) electrons. The van der Waals surface area contributed by atoms with Gasteiger partial charge >= 0.3 is 6.03 Å². The van der Waals surface area contributed by atoms with Crippen molar-refractivity contribution in [1.29, 1.82) is 0 Å². The van der Waals surface area contributed by atoms with Crippen LogP contribution in [0.4, 0.5) is 9.93 Å². The Kier molecular flexibility index (Phi) is 4.22. The molecule has 0 bridgehead atoms. The molecule has 1 saturated heterocycles. The number of carbonyl (C=O) groups excluding carboxylic acids is 2. The van der Waals surface area contributed by atoms with E-state index < -0.39 is 0 Å². The minimum absolute atomic E-state index is 0.0523. The quantitative estimate of drug-likeness (QED) is 0.662. The Balaban J connectivity index is 1.59. The summed E-state index contributed by atoms with van der Waals surface area (Å²) in [5.41, 5.74) is 2.54. The minimum Gasteiger partial charge on any atom is -0.308 e. The fourth-order valence-corrected chi connectivity index (χ4v) is 3.78. The van der Waals surface area contributed by atoms with Crippen LogP contribution in [0, 0.1) is 0 Å². The molecule has 26 heavy (non-hydrogen) atoms. The Morgan fingerprint density at radius 2 is 1.92 bits per heavy atom. The summed E-state index contributed by atoms with van der Waals surface area (Å²) in [4.78, 5) is 36.6. The lowest BCUT2D eigenvalue weighted by Gasteiger charge is -2.23. The van der Waals surface area contributed by atoms with E-state index in [0.717, 1.165) is 11.1 Å². The minimum atomic E-state index is -0.335. The molecule has 4 rings (SSSR count). The number of nitrogens with zero attached hydrogens (tertiary/aromatic N) is 4. The average Bonchev–Trinajstić information content (AvgIpc) is 3.27. The van der Waals surface area contributed by atoms with Crippen LogP contribution in [0.15, 0.2) is 60.2 Å². The molecule has 1 fully saturated rings. The zero-order chi connectivity index (χ0) is 18.1. The molecule has 1 unspecified atom stereocenters. The van der Waals surface area contributed by atoms with Gasteiger partial charge in [-0.05, 0) is 24.6 Å². The fraction of sp³-hybridized carbons (Fsp3) is 0.158. The van der Waals surface area contributed by atoms with Gasteiger partial charge in [0.15, 0.2) is 0 Å². The summed E-state index contributed by atoms with van der Waals surface area (Å²) < 4.78 is 0. The molecule has 0 aliphatic carbocycles. The number of urea groups is 1. The van der Waals surface area contributed by atoms with Crippen molar-refractivity contribution in [2.75, 3.05) is 11.4 Å². The molecule has 3 amide bonds. The number of carbonyl (C=O) groups is 2. The summed E-state index contributed by atoms with van der Waals surface area (Å²) in [6.07, 6.45) is 3.39. The summed E-state index contributed by atoms with van der Waals surface area (Å²) >= 11 is 1.28. The Bertz CT molecular complexity index is 942. The molecule has 3 heterocycles. The summed E-state index contributed by atoms with van der Waals surface area (Å²) in [6.45, 7) is 1.98. The van der Waals surface area contributed by atoms with Crippen LogP contribution >= 0.6 is 11.3 Å². The van der Waals surface area contributed by atoms with Crippen molar-refractivity contribution in [3.63, 3.8) is 0 Å². The molecular formula is C19H16N4O2S. The van der Waals surface area contributed by atoms with Gasteiger partial charge in [-0.1, -0.05) is 30.3 Å². The number of hydrogen-bond donors (Lipinski definition) is 0. The second-order valence-corrected chi connectivity index (χ2v) is 6.82. The number of benzene rings is 1. The first-order chi connectivity index (χ1) is 12.6. The summed E-state index contributed by atoms with van der Waals surface area (Å²) in [6, 6.07) is 12.9. The van der Waals surface area contributed by atoms with E-state index in [9.17, 15) is 9.59 Å². The molecule has 1 aromatic carbocycles. The molecule has 6 nitrogen and oxygen atoms in total. The van der Waals surface area contributed by atoms with Crippen molar-refractivity contribution < 1.29 is 9.59 Å². The van der Waals surface area contributed by atoms with E-state index in [0.29, 0.717) is 10.8 Å². The largest absolute Gasteiger partial charge is 0.334 e. The molecule has 0 spiro atoms. The SMILES string of the molecule is CC(c1ccccc1)N1CC(=O)N(c2nc(-c3cccnc3)cs2)C1=O. The van der Waals surface area contributed by atoms with Crippen molar-refractivity contribution in [3.05, 3.63) is 65.8 Å². The molecular weight excluding hydrogens is 348 g/mol. The van der Waals surface area contributed by atoms with Gasteiger partial charge in [0, 0.05) is 23.3 Å². The van der Waals surface area contributed by atoms with Crippen LogP contribution in [0.1, 0.15) is 18.5 Å². The lowest BCUT2D eigenvalue weighted by Crippen LogP contribution is -2.34. The van der Waals surface area contributed by atoms with Gasteiger partial charge in [0.2, 0.25) is 5.13 Å². The summed E-state index contributed by atoms with van der Waals surface area (Å²) in [5, 5.41) is 2.22. The van der Waals surface area contributed by atoms with E-state index in [1.54, 1.807) is 17.3 Å². The third-order valence-electron chi connectivity index (χ3n) is 4.38. The maximum Gasteiger partial charge on any atom is 0.334 e. The lowest BCUT2D eigenvalue weighted by atomic mass is 10.1. The molecule has 0 saturated carbocycles. The van der Waals surface area contributed by atoms with Crippen molar-refractivity contribution >= 4 is 28.4 Å². The first-order valence-corrected chi connectivity index (χ1v) is 9.07. The lowest BCUT2D eigenvalue weighted by molar-refractivity contribution is -0.116. The number of amides is 3. The topological polar surface area (TPSA) is 66.4 Å². The first kappa shape index (κ1) is 16.4. The van der Waals surface area contributed by atoms with Crippen LogP contribution in [0.2, 0.25) is 0 Å². The summed E-state index contributed by atoms with van der Waals surface area (Å²) in [7, 11) is 0. The van der Waals surface area contributed by atoms with Crippen LogP contribution < -0.4 is 4.90 Å². The highest BCUT2D eigenvalue weighted by Crippen LogP contribution is 2.32. The van der Waals surface area contributed by atoms with E-state index in [-0.39, 0.29) is 24.5 Å². The van der Waals surface area contributed by atoms with Crippen LogP contribution in [-0.2, 0) is 4.79 Å². The van der Waals surface area contributed by atoms with Gasteiger partial charge in [0.1, 0.15) is 6.54 Å². The normalized spacial score (nSPS) is 15.6. The van der Waals surface area contributed by atoms with Gasteiger partial charge in [-0.3, -0.25) is 9.78 Å². The van der Waals surface area contributed by atoms with Gasteiger partial charge < -0.3 is 4.90 Å². The number of anilines is 1. The number of pyridine rings is 1. The number of hydrogen-bond acceptors (Lipinski definition) is 5. The van der Waals surface area contributed by atoms with Gasteiger partial charge in [-0.15, -0.1) is 11.3 Å². The predicted molar refractivity (Wildman–Crippen MR) is 99.8 cm³/mol. The Morgan fingerprint density at radius 3 is 2.65 bits per heavy atom. The van der Waals surface area contributed by atoms with E-state index in [4.69, 9.17) is 0 Å². The monoisotopic (exact) mass is 364 g/mol. The van der Waals surface area contributed by atoms with Crippen molar-refractivity contribution in [1.82, 2.24) is 14.9 Å². The average molecular weight is 364 g/mol. The maximum absolute atomic E-state index is 12.9. The highest BCUT2D eigenvalue weighted by Gasteiger charge is 2.41. The Hall–Kier alpha value is -3.06. The van der Waals surface area contributed by atoms with Crippen LogP contribution in [-0.4, -0.2) is 33.4 Å². The fourth-order valence-electron chi connectivity index (χ4n) is 2.94. The molecule has 0 N–H and O–H groups in total. The summed E-state index contributed by atoms with van der Waals surface area (Å²) in [5.74, 6) is -0.259. The van der Waals surface area contributed by atoms with Crippen LogP contribution in [0.3, 0.4) is 0 Å². The standard InChI is InChI=1S/C19H16N4O2S/c1-13(14-6-3-2-4-7-14)22-11-17(24)23(19(22)25)18-21-16(12-26-18)15-8-5-9-20-10-15/h2-10,12-13H,11H2,1H3. The predicted octanol–water partition coefficient (Wildman–Crippen LogP) is 3.73. The maximum atomic E-state index is 12.9. The van der Waals surface area contributed by atoms with Crippen molar-refractivity contribution in [3.8, 4) is 11.3 Å². The van der Waals surface area contributed by atoms with Gasteiger partial charge in [-0.25, -0.2) is 14.7 Å². The zero-order valence-electron chi connectivity index (χ0n) is 14.1. The van der Waals surface area contributed by atoms with E-state index in [2.05, 4.69) is 9.97 Å². The van der Waals surface area contributed by atoms with Gasteiger partial charge in [0.05, 0.1) is 11.7 Å². The first-order valence-electron chi connectivity index (χ1n) is 8.19. The highest BCUT2D eigenvalue weighted by atomic mass is 32.1. The third kappa shape index (κ3) is 2.86. The van der Waals surface area contributed by atoms with E-state index in [1.807, 2.05) is 54.8 Å². The zero-order valence-corrected chi connectivity index (χ0v) is 14.9. The third-order valence-corrected chi connectivity index (χ3v) is 5.21. The molecule has 1 atom stereocenters.